The molecule has 0 bridgehead atoms. The molecule has 2 fully saturated rings. The van der Waals surface area contributed by atoms with Crippen molar-refractivity contribution in [3.05, 3.63) is 0 Å². The van der Waals surface area contributed by atoms with Gasteiger partial charge in [-0.15, -0.1) is 0 Å². The molecule has 0 aromatic heterocycles. The minimum absolute atomic E-state index is 0.107. The van der Waals surface area contributed by atoms with Gasteiger partial charge in [-0.1, -0.05) is 6.92 Å². The predicted molar refractivity (Wildman–Crippen MR) is 64.5 cm³/mol. The molecule has 5 nitrogen and oxygen atoms in total. The fourth-order valence-corrected chi connectivity index (χ4v) is 2.62. The first kappa shape index (κ1) is 12.4. The molecule has 5 heteroatoms. The maximum absolute atomic E-state index is 12.3. The van der Waals surface area contributed by atoms with Crippen molar-refractivity contribution in [2.45, 2.75) is 32.2 Å². The van der Waals surface area contributed by atoms with Crippen LogP contribution in [0.2, 0.25) is 0 Å². The smallest absolute Gasteiger partial charge is 0.245 e. The summed E-state index contributed by atoms with van der Waals surface area (Å²) < 4.78 is 0. The van der Waals surface area contributed by atoms with Crippen molar-refractivity contribution in [1.29, 1.82) is 0 Å². The molecule has 96 valence electrons. The zero-order chi connectivity index (χ0) is 12.3. The van der Waals surface area contributed by atoms with Gasteiger partial charge in [-0.3, -0.25) is 9.59 Å². The van der Waals surface area contributed by atoms with E-state index in [9.17, 15) is 9.59 Å². The highest BCUT2D eigenvalue weighted by Gasteiger charge is 2.35. The summed E-state index contributed by atoms with van der Waals surface area (Å²) >= 11 is 0. The van der Waals surface area contributed by atoms with Crippen LogP contribution in [0.15, 0.2) is 0 Å². The number of likely N-dealkylation sites (tertiary alicyclic amines) is 1. The minimum Gasteiger partial charge on any atom is -0.338 e. The van der Waals surface area contributed by atoms with Gasteiger partial charge in [-0.25, -0.2) is 0 Å². The Balaban J connectivity index is 1.99. The number of carbonyl (C=O) groups is 2. The summed E-state index contributed by atoms with van der Waals surface area (Å²) in [6, 6.07) is -0.194. The highest BCUT2D eigenvalue weighted by atomic mass is 16.2. The lowest BCUT2D eigenvalue weighted by atomic mass is 10.1. The number of hydrogen-bond donors (Lipinski definition) is 1. The molecule has 0 spiro atoms. The van der Waals surface area contributed by atoms with Crippen molar-refractivity contribution >= 4 is 11.8 Å². The van der Waals surface area contributed by atoms with E-state index in [2.05, 4.69) is 5.32 Å². The summed E-state index contributed by atoms with van der Waals surface area (Å²) in [7, 11) is 0. The highest BCUT2D eigenvalue weighted by molar-refractivity contribution is 5.88. The Bertz CT molecular complexity index is 300. The molecule has 1 N–H and O–H groups in total. The molecule has 0 unspecified atom stereocenters. The Morgan fingerprint density at radius 1 is 1.24 bits per heavy atom. The van der Waals surface area contributed by atoms with E-state index >= 15 is 0 Å². The highest BCUT2D eigenvalue weighted by Crippen LogP contribution is 2.20. The van der Waals surface area contributed by atoms with Gasteiger partial charge in [0.2, 0.25) is 11.8 Å². The Kier molecular flexibility index (Phi) is 3.99. The lowest BCUT2D eigenvalue weighted by Crippen LogP contribution is -2.53. The van der Waals surface area contributed by atoms with E-state index in [1.807, 2.05) is 11.8 Å². The molecule has 0 radical (unpaired) electrons. The molecule has 2 heterocycles. The van der Waals surface area contributed by atoms with Crippen LogP contribution in [0.1, 0.15) is 26.2 Å². The Labute approximate surface area is 102 Å². The SMILES string of the molecule is CCC(=O)N1CCC[C@H]1C(=O)N1CCNCC1. The van der Waals surface area contributed by atoms with Gasteiger partial charge in [0, 0.05) is 39.1 Å². The van der Waals surface area contributed by atoms with Gasteiger partial charge >= 0.3 is 0 Å². The van der Waals surface area contributed by atoms with Gasteiger partial charge in [0.25, 0.3) is 0 Å². The van der Waals surface area contributed by atoms with Crippen LogP contribution >= 0.6 is 0 Å². The molecule has 0 aromatic carbocycles. The topological polar surface area (TPSA) is 52.7 Å². The summed E-state index contributed by atoms with van der Waals surface area (Å²) in [6.45, 7) is 5.86. The summed E-state index contributed by atoms with van der Waals surface area (Å²) in [4.78, 5) is 27.7. The van der Waals surface area contributed by atoms with Crippen LogP contribution in [-0.4, -0.2) is 60.4 Å². The van der Waals surface area contributed by atoms with Crippen LogP contribution in [-0.2, 0) is 9.59 Å². The third kappa shape index (κ3) is 2.60. The largest absolute Gasteiger partial charge is 0.338 e. The number of piperazine rings is 1. The number of rotatable bonds is 2. The number of hydrogen-bond acceptors (Lipinski definition) is 3. The summed E-state index contributed by atoms with van der Waals surface area (Å²) in [5.41, 5.74) is 0. The van der Waals surface area contributed by atoms with E-state index in [0.29, 0.717) is 6.42 Å². The monoisotopic (exact) mass is 239 g/mol. The van der Waals surface area contributed by atoms with Crippen LogP contribution in [0, 0.1) is 0 Å². The molecule has 0 aromatic rings. The van der Waals surface area contributed by atoms with Crippen molar-refractivity contribution in [1.82, 2.24) is 15.1 Å². The van der Waals surface area contributed by atoms with Crippen LogP contribution in [0.5, 0.6) is 0 Å². The van der Waals surface area contributed by atoms with E-state index in [-0.39, 0.29) is 17.9 Å². The van der Waals surface area contributed by atoms with Crippen molar-refractivity contribution in [3.63, 3.8) is 0 Å². The van der Waals surface area contributed by atoms with Gasteiger partial charge in [0.05, 0.1) is 0 Å². The van der Waals surface area contributed by atoms with Gasteiger partial charge in [-0.05, 0) is 12.8 Å². The fourth-order valence-electron chi connectivity index (χ4n) is 2.62. The Hall–Kier alpha value is -1.10. The number of nitrogens with one attached hydrogen (secondary N) is 1. The molecule has 0 aliphatic carbocycles. The van der Waals surface area contributed by atoms with E-state index in [1.165, 1.54) is 0 Å². The molecule has 2 rings (SSSR count). The third-order valence-electron chi connectivity index (χ3n) is 3.59. The Morgan fingerprint density at radius 2 is 1.94 bits per heavy atom. The molecule has 17 heavy (non-hydrogen) atoms. The van der Waals surface area contributed by atoms with Gasteiger partial charge in [0.1, 0.15) is 6.04 Å². The van der Waals surface area contributed by atoms with Crippen molar-refractivity contribution < 1.29 is 9.59 Å². The third-order valence-corrected chi connectivity index (χ3v) is 3.59. The first-order valence-corrected chi connectivity index (χ1v) is 6.53. The van der Waals surface area contributed by atoms with Crippen LogP contribution in [0.25, 0.3) is 0 Å². The van der Waals surface area contributed by atoms with E-state index in [1.54, 1.807) is 4.90 Å². The number of nitrogens with zero attached hydrogens (tertiary/aromatic N) is 2. The molecule has 0 saturated carbocycles. The first-order chi connectivity index (χ1) is 8.24. The molecule has 2 aliphatic rings. The van der Waals surface area contributed by atoms with Crippen LogP contribution in [0.4, 0.5) is 0 Å². The average Bonchev–Trinajstić information content (AvgIpc) is 2.87. The summed E-state index contributed by atoms with van der Waals surface area (Å²) in [6.07, 6.45) is 2.27. The molecular weight excluding hydrogens is 218 g/mol. The second-order valence-electron chi connectivity index (χ2n) is 4.67. The lowest BCUT2D eigenvalue weighted by molar-refractivity contribution is -0.144. The minimum atomic E-state index is -0.194. The molecular formula is C12H21N3O2. The molecule has 2 saturated heterocycles. The fraction of sp³-hybridized carbons (Fsp3) is 0.833. The number of carbonyl (C=O) groups excluding carboxylic acids is 2. The Morgan fingerprint density at radius 3 is 2.59 bits per heavy atom. The standard InChI is InChI=1S/C12H21N3O2/c1-2-11(16)15-7-3-4-10(15)12(17)14-8-5-13-6-9-14/h10,13H,2-9H2,1H3/t10-/m0/s1. The molecule has 2 aliphatic heterocycles. The van der Waals surface area contributed by atoms with Crippen molar-refractivity contribution in [2.24, 2.45) is 0 Å². The van der Waals surface area contributed by atoms with Crippen molar-refractivity contribution in [3.8, 4) is 0 Å². The first-order valence-electron chi connectivity index (χ1n) is 6.53. The van der Waals surface area contributed by atoms with Gasteiger partial charge in [-0.2, -0.15) is 0 Å². The van der Waals surface area contributed by atoms with E-state index in [0.717, 1.165) is 45.6 Å². The van der Waals surface area contributed by atoms with Crippen LogP contribution < -0.4 is 5.32 Å². The van der Waals surface area contributed by atoms with Gasteiger partial charge < -0.3 is 15.1 Å². The quantitative estimate of drug-likeness (QED) is 0.727. The average molecular weight is 239 g/mol. The zero-order valence-electron chi connectivity index (χ0n) is 10.4. The molecule has 2 amide bonds. The number of amides is 2. The van der Waals surface area contributed by atoms with Crippen LogP contribution in [0.3, 0.4) is 0 Å². The lowest BCUT2D eigenvalue weighted by Gasteiger charge is -2.32. The van der Waals surface area contributed by atoms with E-state index in [4.69, 9.17) is 0 Å². The second-order valence-corrected chi connectivity index (χ2v) is 4.67. The summed E-state index contributed by atoms with van der Waals surface area (Å²) in [5.74, 6) is 0.252. The predicted octanol–water partition coefficient (Wildman–Crippen LogP) is -0.181. The zero-order valence-corrected chi connectivity index (χ0v) is 10.4. The van der Waals surface area contributed by atoms with Crippen molar-refractivity contribution in [2.75, 3.05) is 32.7 Å². The second kappa shape index (κ2) is 5.49. The molecule has 1 atom stereocenters. The van der Waals surface area contributed by atoms with E-state index < -0.39 is 0 Å². The maximum Gasteiger partial charge on any atom is 0.245 e. The normalized spacial score (nSPS) is 25.1. The summed E-state index contributed by atoms with van der Waals surface area (Å²) in [5, 5.41) is 3.23. The van der Waals surface area contributed by atoms with Gasteiger partial charge in [0.15, 0.2) is 0 Å². The maximum atomic E-state index is 12.3.